The maximum atomic E-state index is 13.4. The number of anilines is 1. The molecule has 1 aromatic carbocycles. The normalized spacial score (nSPS) is 20.4. The maximum absolute atomic E-state index is 13.4. The third kappa shape index (κ3) is 3.54. The van der Waals surface area contributed by atoms with E-state index in [0.717, 1.165) is 60.3 Å². The summed E-state index contributed by atoms with van der Waals surface area (Å²) >= 11 is 1.62. The van der Waals surface area contributed by atoms with Crippen molar-refractivity contribution in [3.63, 3.8) is 0 Å². The van der Waals surface area contributed by atoms with E-state index in [1.54, 1.807) is 11.3 Å². The van der Waals surface area contributed by atoms with E-state index in [0.29, 0.717) is 35.4 Å². The van der Waals surface area contributed by atoms with Crippen LogP contribution >= 0.6 is 11.3 Å². The molecule has 2 aliphatic carbocycles. The van der Waals surface area contributed by atoms with Crippen molar-refractivity contribution in [2.75, 3.05) is 4.90 Å². The third-order valence-corrected chi connectivity index (χ3v) is 8.63. The quantitative estimate of drug-likeness (QED) is 0.578. The van der Waals surface area contributed by atoms with E-state index in [9.17, 15) is 15.3 Å². The van der Waals surface area contributed by atoms with Crippen molar-refractivity contribution in [2.24, 2.45) is 5.73 Å². The van der Waals surface area contributed by atoms with Gasteiger partial charge in [0.25, 0.3) is 0 Å². The van der Waals surface area contributed by atoms with Crippen molar-refractivity contribution in [1.29, 1.82) is 10.5 Å². The number of hydrogen-bond acceptors (Lipinski definition) is 6. The van der Waals surface area contributed by atoms with E-state index < -0.39 is 5.92 Å². The average Bonchev–Trinajstić information content (AvgIpc) is 3.03. The monoisotopic (exact) mass is 468 g/mol. The highest BCUT2D eigenvalue weighted by molar-refractivity contribution is 7.16. The predicted octanol–water partition coefficient (Wildman–Crippen LogP) is 5.76. The van der Waals surface area contributed by atoms with Gasteiger partial charge < -0.3 is 5.73 Å². The van der Waals surface area contributed by atoms with Gasteiger partial charge in [0.15, 0.2) is 5.78 Å². The van der Waals surface area contributed by atoms with Gasteiger partial charge in [0.05, 0.1) is 23.1 Å². The molecule has 0 radical (unpaired) electrons. The van der Waals surface area contributed by atoms with Crippen molar-refractivity contribution in [2.45, 2.75) is 70.6 Å². The van der Waals surface area contributed by atoms with Crippen LogP contribution in [0.15, 0.2) is 46.9 Å². The molecule has 5 nitrogen and oxygen atoms in total. The van der Waals surface area contributed by atoms with Gasteiger partial charge >= 0.3 is 0 Å². The van der Waals surface area contributed by atoms with Crippen molar-refractivity contribution in [3.8, 4) is 12.1 Å². The van der Waals surface area contributed by atoms with Crippen molar-refractivity contribution in [1.82, 2.24) is 0 Å². The second kappa shape index (κ2) is 9.12. The van der Waals surface area contributed by atoms with Gasteiger partial charge in [-0.05, 0) is 61.6 Å². The van der Waals surface area contributed by atoms with Crippen LogP contribution in [0, 0.1) is 22.7 Å². The number of nitrogens with two attached hydrogens (primary N) is 1. The summed E-state index contributed by atoms with van der Waals surface area (Å²) in [5, 5.41) is 21.2. The summed E-state index contributed by atoms with van der Waals surface area (Å²) < 4.78 is 0. The van der Waals surface area contributed by atoms with Crippen LogP contribution in [0.1, 0.15) is 78.5 Å². The minimum Gasteiger partial charge on any atom is -0.384 e. The molecule has 0 spiro atoms. The number of carbonyl (C=O) groups excluding carboxylic acids is 1. The number of rotatable bonds is 3. The van der Waals surface area contributed by atoms with E-state index in [2.05, 4.69) is 31.2 Å². The molecule has 172 valence electrons. The SMILES string of the molecule is CCc1ccc(C2C(C#N)=C(N)N(c3sc4c(c3C#N)CCCCC4)C3=C2C(=O)CCC3)cc1. The fourth-order valence-electron chi connectivity index (χ4n) is 5.60. The molecule has 2 N–H and O–H groups in total. The number of nitrogens with zero attached hydrogens (tertiary/aromatic N) is 3. The Bertz CT molecular complexity index is 1300. The first-order chi connectivity index (χ1) is 16.6. The lowest BCUT2D eigenvalue weighted by atomic mass is 9.75. The number of Topliss-reactive ketones (excluding diaryl/α,β-unsaturated/α-hetero) is 1. The highest BCUT2D eigenvalue weighted by Crippen LogP contribution is 2.49. The summed E-state index contributed by atoms with van der Waals surface area (Å²) in [4.78, 5) is 16.5. The van der Waals surface area contributed by atoms with Crippen LogP contribution in [0.4, 0.5) is 5.00 Å². The van der Waals surface area contributed by atoms with Crippen LogP contribution in [0.5, 0.6) is 0 Å². The number of nitriles is 2. The molecule has 1 atom stereocenters. The summed E-state index contributed by atoms with van der Waals surface area (Å²) in [6, 6.07) is 12.9. The first-order valence-corrected chi connectivity index (χ1v) is 13.0. The Morgan fingerprint density at radius 1 is 1.03 bits per heavy atom. The van der Waals surface area contributed by atoms with Gasteiger partial charge in [-0.15, -0.1) is 11.3 Å². The van der Waals surface area contributed by atoms with Gasteiger partial charge in [-0.3, -0.25) is 9.69 Å². The molecule has 5 rings (SSSR count). The van der Waals surface area contributed by atoms with Crippen LogP contribution < -0.4 is 10.6 Å². The van der Waals surface area contributed by atoms with Crippen LogP contribution in [-0.2, 0) is 24.1 Å². The van der Waals surface area contributed by atoms with Gasteiger partial charge in [0.1, 0.15) is 16.9 Å². The Balaban J connectivity index is 1.72. The highest BCUT2D eigenvalue weighted by Gasteiger charge is 2.41. The molecule has 6 heteroatoms. The zero-order valence-electron chi connectivity index (χ0n) is 19.5. The van der Waals surface area contributed by atoms with Crippen LogP contribution in [0.25, 0.3) is 0 Å². The Morgan fingerprint density at radius 3 is 2.50 bits per heavy atom. The molecular formula is C28H28N4OS. The Hall–Kier alpha value is -3.35. The van der Waals surface area contributed by atoms with Gasteiger partial charge in [-0.1, -0.05) is 37.6 Å². The molecule has 2 heterocycles. The first kappa shape index (κ1) is 22.4. The lowest BCUT2D eigenvalue weighted by Crippen LogP contribution is -2.38. The first-order valence-electron chi connectivity index (χ1n) is 12.2. The fraction of sp³-hybridized carbons (Fsp3) is 0.393. The Morgan fingerprint density at radius 2 is 1.79 bits per heavy atom. The summed E-state index contributed by atoms with van der Waals surface area (Å²) in [7, 11) is 0. The number of benzene rings is 1. The van der Waals surface area contributed by atoms with Gasteiger partial charge in [0.2, 0.25) is 0 Å². The fourth-order valence-corrected chi connectivity index (χ4v) is 6.98. The molecule has 1 aromatic heterocycles. The van der Waals surface area contributed by atoms with Gasteiger partial charge in [-0.2, -0.15) is 10.5 Å². The molecule has 0 amide bonds. The van der Waals surface area contributed by atoms with Crippen molar-refractivity contribution in [3.05, 3.63) is 74.1 Å². The number of fused-ring (bicyclic) bond motifs is 1. The number of thiophene rings is 1. The maximum Gasteiger partial charge on any atom is 0.161 e. The molecule has 34 heavy (non-hydrogen) atoms. The Labute approximate surface area is 204 Å². The van der Waals surface area contributed by atoms with E-state index in [1.165, 1.54) is 16.9 Å². The molecular weight excluding hydrogens is 440 g/mol. The third-order valence-electron chi connectivity index (χ3n) is 7.35. The lowest BCUT2D eigenvalue weighted by Gasteiger charge is -2.39. The number of aryl methyl sites for hydroxylation is 2. The highest BCUT2D eigenvalue weighted by atomic mass is 32.1. The van der Waals surface area contributed by atoms with E-state index in [-0.39, 0.29) is 5.78 Å². The van der Waals surface area contributed by atoms with Gasteiger partial charge in [0, 0.05) is 22.6 Å². The Kier molecular flexibility index (Phi) is 6.02. The molecule has 0 saturated heterocycles. The lowest BCUT2D eigenvalue weighted by molar-refractivity contribution is -0.116. The molecule has 2 aromatic rings. The topological polar surface area (TPSA) is 93.9 Å². The largest absolute Gasteiger partial charge is 0.384 e. The number of allylic oxidation sites excluding steroid dienone is 3. The van der Waals surface area contributed by atoms with Crippen LogP contribution in [0.3, 0.4) is 0 Å². The van der Waals surface area contributed by atoms with Gasteiger partial charge in [-0.25, -0.2) is 0 Å². The number of carbonyl (C=O) groups is 1. The smallest absolute Gasteiger partial charge is 0.161 e. The molecule has 0 fully saturated rings. The van der Waals surface area contributed by atoms with E-state index in [1.807, 2.05) is 17.0 Å². The zero-order valence-corrected chi connectivity index (χ0v) is 20.3. The van der Waals surface area contributed by atoms with Crippen molar-refractivity contribution >= 4 is 22.1 Å². The van der Waals surface area contributed by atoms with E-state index >= 15 is 0 Å². The standard InChI is InChI=1S/C28H28N4OS/c1-2-17-11-13-18(14-12-17)25-21(16-30)27(31)32(22-8-6-9-23(33)26(22)25)28-20(15-29)19-7-4-3-5-10-24(19)34-28/h11-14,25H,2-10,31H2,1H3. The minimum atomic E-state index is -0.460. The molecule has 3 aliphatic rings. The summed E-state index contributed by atoms with van der Waals surface area (Å²) in [5.74, 6) is -0.0283. The molecule has 1 aliphatic heterocycles. The minimum absolute atomic E-state index is 0.0766. The van der Waals surface area contributed by atoms with E-state index in [4.69, 9.17) is 5.73 Å². The number of hydrogen-bond donors (Lipinski definition) is 1. The van der Waals surface area contributed by atoms with Crippen LogP contribution in [-0.4, -0.2) is 5.78 Å². The summed E-state index contributed by atoms with van der Waals surface area (Å²) in [6.07, 6.45) is 8.09. The average molecular weight is 469 g/mol. The zero-order chi connectivity index (χ0) is 23.8. The summed E-state index contributed by atoms with van der Waals surface area (Å²) in [6.45, 7) is 2.10. The predicted molar refractivity (Wildman–Crippen MR) is 134 cm³/mol. The number of ketones is 1. The molecule has 0 saturated carbocycles. The van der Waals surface area contributed by atoms with Crippen molar-refractivity contribution < 1.29 is 4.79 Å². The second-order valence-electron chi connectivity index (χ2n) is 9.27. The van der Waals surface area contributed by atoms with Crippen LogP contribution in [0.2, 0.25) is 0 Å². The molecule has 1 unspecified atom stereocenters. The second-order valence-corrected chi connectivity index (χ2v) is 10.4. The molecule has 0 bridgehead atoms. The summed E-state index contributed by atoms with van der Waals surface area (Å²) in [5.41, 5.74) is 12.6.